The normalized spacial score (nSPS) is 11.6. The number of nitrogens with zero attached hydrogens (tertiary/aromatic N) is 4. The van der Waals surface area contributed by atoms with Crippen molar-refractivity contribution in [2.24, 2.45) is 0 Å². The molecular weight excluding hydrogens is 405 g/mol. The van der Waals surface area contributed by atoms with Gasteiger partial charge in [-0.05, 0) is 45.4 Å². The highest BCUT2D eigenvalue weighted by Gasteiger charge is 2.30. The van der Waals surface area contributed by atoms with Gasteiger partial charge in [0.25, 0.3) is 6.43 Å². The van der Waals surface area contributed by atoms with Gasteiger partial charge in [-0.25, -0.2) is 33.4 Å². The molecular formula is C21H19BF2N4O3. The fourth-order valence-corrected chi connectivity index (χ4v) is 2.84. The summed E-state index contributed by atoms with van der Waals surface area (Å²) in [5, 5.41) is 0. The molecule has 0 aliphatic heterocycles. The van der Waals surface area contributed by atoms with Crippen LogP contribution in [0.1, 0.15) is 48.9 Å². The zero-order chi connectivity index (χ0) is 22.9. The van der Waals surface area contributed by atoms with Gasteiger partial charge in [0.15, 0.2) is 17.9 Å². The number of pyridine rings is 1. The third-order valence-corrected chi connectivity index (χ3v) is 4.26. The third-order valence-electron chi connectivity index (χ3n) is 4.26. The van der Waals surface area contributed by atoms with Crippen LogP contribution in [0, 0.1) is 6.92 Å². The molecule has 0 unspecified atom stereocenters. The smallest absolute Gasteiger partial charge is 0.420 e. The van der Waals surface area contributed by atoms with Gasteiger partial charge < -0.3 is 4.74 Å². The highest BCUT2D eigenvalue weighted by Crippen LogP contribution is 2.33. The molecule has 0 fully saturated rings. The molecule has 0 aliphatic rings. The number of ether oxygens (including phenoxy) is 1. The van der Waals surface area contributed by atoms with Crippen molar-refractivity contribution in [3.8, 4) is 0 Å². The molecule has 31 heavy (non-hydrogen) atoms. The lowest BCUT2D eigenvalue weighted by molar-refractivity contribution is 0.0597. The molecule has 2 heterocycles. The first-order chi connectivity index (χ1) is 14.5. The molecule has 0 aliphatic carbocycles. The Morgan fingerprint density at radius 1 is 1.26 bits per heavy atom. The van der Waals surface area contributed by atoms with Gasteiger partial charge in [-0.1, -0.05) is 17.6 Å². The number of rotatable bonds is 4. The van der Waals surface area contributed by atoms with E-state index in [1.807, 2.05) is 0 Å². The average molecular weight is 424 g/mol. The van der Waals surface area contributed by atoms with Crippen molar-refractivity contribution in [3.63, 3.8) is 0 Å². The lowest BCUT2D eigenvalue weighted by Gasteiger charge is -2.28. The molecule has 0 N–H and O–H groups in total. The highest BCUT2D eigenvalue weighted by atomic mass is 19.3. The van der Waals surface area contributed by atoms with Gasteiger partial charge in [0.05, 0.1) is 11.2 Å². The molecule has 10 heteroatoms. The molecule has 0 atom stereocenters. The van der Waals surface area contributed by atoms with Crippen LogP contribution in [0.15, 0.2) is 30.5 Å². The number of hydrogen-bond acceptors (Lipinski definition) is 6. The lowest BCUT2D eigenvalue weighted by atomic mass is 9.90. The minimum absolute atomic E-state index is 0.0139. The number of amides is 1. The number of anilines is 2. The summed E-state index contributed by atoms with van der Waals surface area (Å²) >= 11 is 0. The number of halogens is 2. The van der Waals surface area contributed by atoms with Gasteiger partial charge in [0.1, 0.15) is 19.0 Å². The Kier molecular flexibility index (Phi) is 6.01. The van der Waals surface area contributed by atoms with Crippen LogP contribution in [-0.2, 0) is 4.74 Å². The summed E-state index contributed by atoms with van der Waals surface area (Å²) in [7, 11) is 6.01. The Balaban J connectivity index is 2.35. The van der Waals surface area contributed by atoms with Crippen LogP contribution < -0.4 is 10.4 Å². The predicted molar refractivity (Wildman–Crippen MR) is 113 cm³/mol. The molecule has 0 spiro atoms. The van der Waals surface area contributed by atoms with Crippen LogP contribution in [-0.4, -0.2) is 40.8 Å². The molecule has 3 aromatic rings. The van der Waals surface area contributed by atoms with Gasteiger partial charge >= 0.3 is 6.09 Å². The number of fused-ring (bicyclic) bond motifs is 1. The molecule has 1 amide bonds. The SMILES string of the molecule is [B]c1cccc(N(C(=O)OC(C)(C)C)c2nc(C(F)F)nc3cc(C=O)cnc23)c1C. The van der Waals surface area contributed by atoms with Crippen molar-refractivity contribution in [1.82, 2.24) is 15.0 Å². The van der Waals surface area contributed by atoms with Crippen LogP contribution in [0.5, 0.6) is 0 Å². The average Bonchev–Trinajstić information content (AvgIpc) is 2.69. The molecule has 2 aromatic heterocycles. The maximum absolute atomic E-state index is 13.6. The first-order valence-corrected chi connectivity index (χ1v) is 9.31. The predicted octanol–water partition coefficient (Wildman–Crippen LogP) is 3.95. The monoisotopic (exact) mass is 424 g/mol. The van der Waals surface area contributed by atoms with Gasteiger partial charge in [-0.3, -0.25) is 4.79 Å². The summed E-state index contributed by atoms with van der Waals surface area (Å²) in [4.78, 5) is 37.3. The maximum Gasteiger partial charge on any atom is 0.420 e. The van der Waals surface area contributed by atoms with Gasteiger partial charge in [0.2, 0.25) is 0 Å². The van der Waals surface area contributed by atoms with Crippen molar-refractivity contribution in [2.75, 3.05) is 4.90 Å². The van der Waals surface area contributed by atoms with Crippen molar-refractivity contribution in [3.05, 3.63) is 47.4 Å². The summed E-state index contributed by atoms with van der Waals surface area (Å²) in [5.41, 5.74) is 0.480. The Labute approximate surface area is 178 Å². The quantitative estimate of drug-likeness (QED) is 0.466. The first-order valence-electron chi connectivity index (χ1n) is 9.31. The number of aldehydes is 1. The molecule has 1 aromatic carbocycles. The zero-order valence-corrected chi connectivity index (χ0v) is 17.4. The van der Waals surface area contributed by atoms with E-state index in [4.69, 9.17) is 12.6 Å². The number of alkyl halides is 2. The fourth-order valence-electron chi connectivity index (χ4n) is 2.84. The zero-order valence-electron chi connectivity index (χ0n) is 17.4. The molecule has 0 bridgehead atoms. The number of carbonyl (C=O) groups is 2. The largest absolute Gasteiger partial charge is 0.443 e. The number of hydrogen-bond donors (Lipinski definition) is 0. The topological polar surface area (TPSA) is 85.3 Å². The van der Waals surface area contributed by atoms with Gasteiger partial charge in [-0.15, -0.1) is 0 Å². The van der Waals surface area contributed by atoms with E-state index in [0.717, 1.165) is 4.90 Å². The van der Waals surface area contributed by atoms with Gasteiger partial charge in [0, 0.05) is 11.8 Å². The van der Waals surface area contributed by atoms with Crippen LogP contribution in [0.2, 0.25) is 0 Å². The van der Waals surface area contributed by atoms with E-state index < -0.39 is 23.9 Å². The molecule has 158 valence electrons. The van der Waals surface area contributed by atoms with Crippen molar-refractivity contribution < 1.29 is 23.1 Å². The van der Waals surface area contributed by atoms with Crippen LogP contribution in [0.25, 0.3) is 11.0 Å². The number of aromatic nitrogens is 3. The standard InChI is InChI=1S/C21H19BF2N4O3/c1-11-13(22)6-5-7-15(11)28(20(30)31-21(2,3)4)19-16-14(8-12(10-29)9-25-16)26-18(27-19)17(23)24/h5-10,17H,1-4H3. The van der Waals surface area contributed by atoms with Crippen LogP contribution in [0.3, 0.4) is 0 Å². The molecule has 7 nitrogen and oxygen atoms in total. The second kappa shape index (κ2) is 8.37. The van der Waals surface area contributed by atoms with E-state index >= 15 is 0 Å². The molecule has 2 radical (unpaired) electrons. The van der Waals surface area contributed by atoms with E-state index in [9.17, 15) is 18.4 Å². The summed E-state index contributed by atoms with van der Waals surface area (Å²) in [5.74, 6) is -1.02. The van der Waals surface area contributed by atoms with E-state index in [1.54, 1.807) is 45.9 Å². The summed E-state index contributed by atoms with van der Waals surface area (Å²) in [6.07, 6.45) is -2.12. The molecule has 0 saturated heterocycles. The second-order valence-corrected chi connectivity index (χ2v) is 7.77. The Morgan fingerprint density at radius 3 is 2.58 bits per heavy atom. The van der Waals surface area contributed by atoms with Crippen molar-refractivity contribution in [2.45, 2.75) is 39.7 Å². The molecule has 3 rings (SSSR count). The summed E-state index contributed by atoms with van der Waals surface area (Å²) < 4.78 is 32.7. The second-order valence-electron chi connectivity index (χ2n) is 7.77. The van der Waals surface area contributed by atoms with Gasteiger partial charge in [-0.2, -0.15) is 0 Å². The minimum atomic E-state index is -3.02. The first kappa shape index (κ1) is 22.3. The van der Waals surface area contributed by atoms with E-state index in [1.165, 1.54) is 12.3 Å². The highest BCUT2D eigenvalue weighted by molar-refractivity contribution is 6.34. The molecule has 0 saturated carbocycles. The van der Waals surface area contributed by atoms with E-state index in [2.05, 4.69) is 15.0 Å². The van der Waals surface area contributed by atoms with Crippen LogP contribution >= 0.6 is 0 Å². The summed E-state index contributed by atoms with van der Waals surface area (Å²) in [6.45, 7) is 6.70. The Morgan fingerprint density at radius 2 is 1.97 bits per heavy atom. The van der Waals surface area contributed by atoms with E-state index in [-0.39, 0.29) is 28.1 Å². The lowest BCUT2D eigenvalue weighted by Crippen LogP contribution is -2.35. The van der Waals surface area contributed by atoms with Crippen LogP contribution in [0.4, 0.5) is 25.1 Å². The van der Waals surface area contributed by atoms with Crippen molar-refractivity contribution in [1.29, 1.82) is 0 Å². The fraction of sp³-hybridized carbons (Fsp3) is 0.286. The maximum atomic E-state index is 13.6. The Hall–Kier alpha value is -3.43. The number of carbonyl (C=O) groups excluding carboxylic acids is 2. The number of benzene rings is 1. The van der Waals surface area contributed by atoms with E-state index in [0.29, 0.717) is 17.3 Å². The minimum Gasteiger partial charge on any atom is -0.443 e. The Bertz CT molecular complexity index is 1170. The van der Waals surface area contributed by atoms with Crippen molar-refractivity contribution >= 4 is 48.2 Å². The summed E-state index contributed by atoms with van der Waals surface area (Å²) in [6, 6.07) is 6.14. The third kappa shape index (κ3) is 4.68.